The van der Waals surface area contributed by atoms with Crippen LogP contribution in [-0.2, 0) is 9.47 Å². The van der Waals surface area contributed by atoms with Gasteiger partial charge in [-0.15, -0.1) is 0 Å². The molecule has 0 radical (unpaired) electrons. The van der Waals surface area contributed by atoms with E-state index in [1.807, 2.05) is 0 Å². The highest BCUT2D eigenvalue weighted by atomic mass is 16.7. The summed E-state index contributed by atoms with van der Waals surface area (Å²) in [6.45, 7) is 10.1. The molecular formula is C31H62O3. The van der Waals surface area contributed by atoms with Crippen LogP contribution >= 0.6 is 0 Å². The Bertz CT molecular complexity index is 373. The summed E-state index contributed by atoms with van der Waals surface area (Å²) >= 11 is 0. The van der Waals surface area contributed by atoms with Gasteiger partial charge in [0.25, 0.3) is 0 Å². The smallest absolute Gasteiger partial charge is 0.434 e. The van der Waals surface area contributed by atoms with Gasteiger partial charge in [-0.25, -0.2) is 4.79 Å². The summed E-state index contributed by atoms with van der Waals surface area (Å²) in [5.41, 5.74) is 0. The van der Waals surface area contributed by atoms with Crippen LogP contribution < -0.4 is 0 Å². The van der Waals surface area contributed by atoms with Crippen LogP contribution in [0.5, 0.6) is 0 Å². The van der Waals surface area contributed by atoms with Crippen molar-refractivity contribution in [1.82, 2.24) is 0 Å². The van der Waals surface area contributed by atoms with Gasteiger partial charge in [0.1, 0.15) is 0 Å². The molecule has 3 nitrogen and oxygen atoms in total. The van der Waals surface area contributed by atoms with Gasteiger partial charge >= 0.3 is 6.16 Å². The molecule has 0 amide bonds. The minimum atomic E-state index is -0.438. The maximum absolute atomic E-state index is 12.4. The molecule has 0 aromatic carbocycles. The number of hydrogen-bond donors (Lipinski definition) is 0. The average molecular weight is 483 g/mol. The first-order chi connectivity index (χ1) is 16.7. The lowest BCUT2D eigenvalue weighted by atomic mass is 9.95. The van der Waals surface area contributed by atoms with Gasteiger partial charge in [-0.1, -0.05) is 143 Å². The second-order valence-corrected chi connectivity index (χ2v) is 10.7. The van der Waals surface area contributed by atoms with E-state index in [0.717, 1.165) is 0 Å². The summed E-state index contributed by atoms with van der Waals surface area (Å²) in [5, 5.41) is 0. The maximum Gasteiger partial charge on any atom is 0.508 e. The highest BCUT2D eigenvalue weighted by Crippen LogP contribution is 2.21. The molecule has 0 heterocycles. The van der Waals surface area contributed by atoms with Crippen LogP contribution in [0.1, 0.15) is 169 Å². The van der Waals surface area contributed by atoms with Gasteiger partial charge in [0.15, 0.2) is 0 Å². The summed E-state index contributed by atoms with van der Waals surface area (Å²) in [4.78, 5) is 12.4. The summed E-state index contributed by atoms with van der Waals surface area (Å²) in [6, 6.07) is 0. The van der Waals surface area contributed by atoms with Crippen molar-refractivity contribution in [3.05, 3.63) is 0 Å². The summed E-state index contributed by atoms with van der Waals surface area (Å²) in [5.74, 6) is 0.988. The Morgan fingerprint density at radius 3 is 1.06 bits per heavy atom. The number of carbonyl (C=O) groups is 1. The fourth-order valence-corrected chi connectivity index (χ4v) is 4.83. The number of ether oxygens (including phenoxy) is 2. The van der Waals surface area contributed by atoms with E-state index in [2.05, 4.69) is 27.7 Å². The van der Waals surface area contributed by atoms with Crippen molar-refractivity contribution in [2.75, 3.05) is 13.2 Å². The Hall–Kier alpha value is -0.730. The third-order valence-corrected chi connectivity index (χ3v) is 7.24. The van der Waals surface area contributed by atoms with Crippen LogP contribution in [0, 0.1) is 11.8 Å². The maximum atomic E-state index is 12.4. The normalized spacial score (nSPS) is 13.1. The number of carbonyl (C=O) groups excluding carboxylic acids is 1. The summed E-state index contributed by atoms with van der Waals surface area (Å²) < 4.78 is 11.2. The van der Waals surface area contributed by atoms with Crippen LogP contribution in [0.25, 0.3) is 0 Å². The van der Waals surface area contributed by atoms with Gasteiger partial charge in [-0.3, -0.25) is 0 Å². The van der Waals surface area contributed by atoms with E-state index in [1.54, 1.807) is 0 Å². The molecule has 0 spiro atoms. The monoisotopic (exact) mass is 482 g/mol. The number of unbranched alkanes of at least 4 members (excludes halogenated alkanes) is 14. The minimum absolute atomic E-state index is 0.438. The highest BCUT2D eigenvalue weighted by Gasteiger charge is 2.16. The van der Waals surface area contributed by atoms with Crippen molar-refractivity contribution in [3.63, 3.8) is 0 Å². The summed E-state index contributed by atoms with van der Waals surface area (Å²) in [6.07, 6.45) is 27.6. The molecule has 0 saturated carbocycles. The molecular weight excluding hydrogens is 420 g/mol. The lowest BCUT2D eigenvalue weighted by molar-refractivity contribution is 0.0300. The van der Waals surface area contributed by atoms with E-state index in [9.17, 15) is 4.79 Å². The Labute approximate surface area is 214 Å². The molecule has 2 atom stereocenters. The molecule has 34 heavy (non-hydrogen) atoms. The standard InChI is InChI=1S/C31H62O3/c1-5-9-13-15-17-21-25-29(23-19-11-7-3)27-33-31(32)34-28-30(24-20-12-8-4)26-22-18-16-14-10-6-2/h29-30H,5-28H2,1-4H3. The second kappa shape index (κ2) is 26.9. The molecule has 0 saturated heterocycles. The van der Waals surface area contributed by atoms with E-state index in [4.69, 9.17) is 9.47 Å². The number of hydrogen-bond acceptors (Lipinski definition) is 3. The zero-order valence-corrected chi connectivity index (χ0v) is 23.9. The SMILES string of the molecule is CCCCCCCCC(CCCCC)COC(=O)OCC(CCCCC)CCCCCCCC. The Morgan fingerprint density at radius 1 is 0.441 bits per heavy atom. The van der Waals surface area contributed by atoms with Crippen molar-refractivity contribution in [2.45, 2.75) is 169 Å². The first kappa shape index (κ1) is 33.3. The van der Waals surface area contributed by atoms with Crippen LogP contribution in [-0.4, -0.2) is 19.4 Å². The van der Waals surface area contributed by atoms with Crippen LogP contribution in [0.3, 0.4) is 0 Å². The molecule has 2 unspecified atom stereocenters. The third kappa shape index (κ3) is 23.0. The van der Waals surface area contributed by atoms with Crippen molar-refractivity contribution in [2.24, 2.45) is 11.8 Å². The lowest BCUT2D eigenvalue weighted by Gasteiger charge is -2.19. The van der Waals surface area contributed by atoms with E-state index in [0.29, 0.717) is 25.0 Å². The van der Waals surface area contributed by atoms with Gasteiger partial charge in [-0.05, 0) is 37.5 Å². The lowest BCUT2D eigenvalue weighted by Crippen LogP contribution is -2.19. The van der Waals surface area contributed by atoms with Crippen LogP contribution in [0.2, 0.25) is 0 Å². The molecule has 0 aliphatic carbocycles. The van der Waals surface area contributed by atoms with E-state index < -0.39 is 6.16 Å². The Kier molecular flexibility index (Phi) is 26.3. The molecule has 0 aliphatic heterocycles. The van der Waals surface area contributed by atoms with Crippen LogP contribution in [0.15, 0.2) is 0 Å². The van der Waals surface area contributed by atoms with Gasteiger partial charge in [0.05, 0.1) is 13.2 Å². The van der Waals surface area contributed by atoms with Crippen LogP contribution in [0.4, 0.5) is 4.79 Å². The predicted molar refractivity (Wildman–Crippen MR) is 149 cm³/mol. The fourth-order valence-electron chi connectivity index (χ4n) is 4.83. The molecule has 0 N–H and O–H groups in total. The van der Waals surface area contributed by atoms with Gasteiger partial charge in [-0.2, -0.15) is 0 Å². The molecule has 0 rings (SSSR count). The quantitative estimate of drug-likeness (QED) is 0.0908. The minimum Gasteiger partial charge on any atom is -0.434 e. The van der Waals surface area contributed by atoms with Crippen molar-refractivity contribution in [3.8, 4) is 0 Å². The largest absolute Gasteiger partial charge is 0.508 e. The van der Waals surface area contributed by atoms with Gasteiger partial charge < -0.3 is 9.47 Å². The summed E-state index contributed by atoms with van der Waals surface area (Å²) in [7, 11) is 0. The highest BCUT2D eigenvalue weighted by molar-refractivity contribution is 5.59. The van der Waals surface area contributed by atoms with E-state index >= 15 is 0 Å². The van der Waals surface area contributed by atoms with Gasteiger partial charge in [0, 0.05) is 0 Å². The Morgan fingerprint density at radius 2 is 0.706 bits per heavy atom. The third-order valence-electron chi connectivity index (χ3n) is 7.24. The van der Waals surface area contributed by atoms with E-state index in [-0.39, 0.29) is 0 Å². The first-order valence-corrected chi connectivity index (χ1v) is 15.5. The van der Waals surface area contributed by atoms with E-state index in [1.165, 1.54) is 141 Å². The van der Waals surface area contributed by atoms with Gasteiger partial charge in [0.2, 0.25) is 0 Å². The molecule has 0 aromatic rings. The molecule has 0 bridgehead atoms. The first-order valence-electron chi connectivity index (χ1n) is 15.5. The zero-order valence-electron chi connectivity index (χ0n) is 23.9. The zero-order chi connectivity index (χ0) is 25.1. The molecule has 0 aromatic heterocycles. The van der Waals surface area contributed by atoms with Crippen molar-refractivity contribution < 1.29 is 14.3 Å². The molecule has 204 valence electrons. The topological polar surface area (TPSA) is 35.5 Å². The molecule has 3 heteroatoms. The molecule has 0 aliphatic rings. The number of rotatable bonds is 26. The van der Waals surface area contributed by atoms with Crippen molar-refractivity contribution >= 4 is 6.16 Å². The van der Waals surface area contributed by atoms with Crippen molar-refractivity contribution in [1.29, 1.82) is 0 Å². The second-order valence-electron chi connectivity index (χ2n) is 10.7. The Balaban J connectivity index is 4.29. The molecule has 0 fully saturated rings. The average Bonchev–Trinajstić information content (AvgIpc) is 2.84. The predicted octanol–water partition coefficient (Wildman–Crippen LogP) is 11.0. The fraction of sp³-hybridized carbons (Fsp3) is 0.968.